The van der Waals surface area contributed by atoms with Gasteiger partial charge in [0.05, 0.1) is 12.5 Å². The summed E-state index contributed by atoms with van der Waals surface area (Å²) in [6, 6.07) is 11.2. The summed E-state index contributed by atoms with van der Waals surface area (Å²) in [5, 5.41) is 32.2. The first-order valence-electron chi connectivity index (χ1n) is 15.5. The second-order valence-corrected chi connectivity index (χ2v) is 11.0. The minimum Gasteiger partial charge on any atom is -0.477 e. The topological polar surface area (TPSA) is 118 Å². The fourth-order valence-electron chi connectivity index (χ4n) is 4.98. The third kappa shape index (κ3) is 14.2. The summed E-state index contributed by atoms with van der Waals surface area (Å²) in [6.45, 7) is 10.4. The Kier molecular flexibility index (Phi) is 17.1. The maximum atomic E-state index is 11.8. The van der Waals surface area contributed by atoms with E-state index < -0.39 is 11.7 Å². The van der Waals surface area contributed by atoms with E-state index in [2.05, 4.69) is 52.3 Å². The van der Waals surface area contributed by atoms with Crippen molar-refractivity contribution in [3.05, 3.63) is 29.8 Å². The van der Waals surface area contributed by atoms with Gasteiger partial charge in [0.2, 0.25) is 12.3 Å². The molecule has 0 saturated heterocycles. The minimum absolute atomic E-state index is 0.195. The van der Waals surface area contributed by atoms with E-state index in [0.29, 0.717) is 37.5 Å². The molecular weight excluding hydrogens is 518 g/mol. The van der Waals surface area contributed by atoms with Crippen LogP contribution in [0.4, 0.5) is 0 Å². The van der Waals surface area contributed by atoms with E-state index in [1.54, 1.807) is 11.5 Å². The third-order valence-corrected chi connectivity index (χ3v) is 7.28. The molecule has 1 aliphatic rings. The molecular formula is C32H54N5O4+. The van der Waals surface area contributed by atoms with E-state index in [-0.39, 0.29) is 12.6 Å². The molecule has 41 heavy (non-hydrogen) atoms. The van der Waals surface area contributed by atoms with Gasteiger partial charge in [0, 0.05) is 58.2 Å². The van der Waals surface area contributed by atoms with E-state index in [9.17, 15) is 15.0 Å². The van der Waals surface area contributed by atoms with Crippen molar-refractivity contribution >= 4 is 11.7 Å². The van der Waals surface area contributed by atoms with E-state index >= 15 is 0 Å². The van der Waals surface area contributed by atoms with E-state index in [1.807, 2.05) is 19.1 Å². The van der Waals surface area contributed by atoms with Crippen molar-refractivity contribution in [1.29, 1.82) is 0 Å². The van der Waals surface area contributed by atoms with Crippen molar-refractivity contribution in [2.75, 3.05) is 52.4 Å². The zero-order valence-electron chi connectivity index (χ0n) is 25.6. The zero-order valence-corrected chi connectivity index (χ0v) is 25.6. The highest BCUT2D eigenvalue weighted by atomic mass is 16.5. The Balaban J connectivity index is 1.95. The number of hydrogen-bond donors (Lipinski definition) is 6. The molecule has 0 radical (unpaired) electrons. The lowest BCUT2D eigenvalue weighted by molar-refractivity contribution is -0.640. The molecule has 2 atom stereocenters. The summed E-state index contributed by atoms with van der Waals surface area (Å²) in [5.41, 5.74) is 1.03. The molecule has 0 amide bonds. The lowest BCUT2D eigenvalue weighted by Crippen LogP contribution is -2.57. The SMILES string of the molecule is CCCCCCCCCc1ccc(OC2(CCNCCNCCNCC(C)O)CNC#CC(C)=[N+]2CC(=O)O)cc1. The predicted octanol–water partition coefficient (Wildman–Crippen LogP) is 2.72. The summed E-state index contributed by atoms with van der Waals surface area (Å²) < 4.78 is 8.43. The molecule has 1 heterocycles. The van der Waals surface area contributed by atoms with Crippen LogP contribution in [0.5, 0.6) is 5.75 Å². The Hall–Kier alpha value is -2.64. The Bertz CT molecular complexity index is 971. The van der Waals surface area contributed by atoms with Gasteiger partial charge in [0.25, 0.3) is 0 Å². The number of carboxylic acid groups (broad SMARTS) is 1. The fraction of sp³-hybridized carbons (Fsp3) is 0.688. The molecule has 9 nitrogen and oxygen atoms in total. The average Bonchev–Trinajstić information content (AvgIpc) is 3.08. The normalized spacial score (nSPS) is 17.4. The van der Waals surface area contributed by atoms with Crippen molar-refractivity contribution in [3.8, 4) is 17.7 Å². The number of carboxylic acids is 1. The van der Waals surface area contributed by atoms with Crippen LogP contribution in [-0.4, -0.2) is 90.7 Å². The van der Waals surface area contributed by atoms with Crippen LogP contribution in [0.15, 0.2) is 24.3 Å². The van der Waals surface area contributed by atoms with Crippen LogP contribution in [0.1, 0.15) is 77.7 Å². The van der Waals surface area contributed by atoms with Crippen molar-refractivity contribution in [3.63, 3.8) is 0 Å². The Morgan fingerprint density at radius 3 is 2.32 bits per heavy atom. The van der Waals surface area contributed by atoms with Gasteiger partial charge in [-0.25, -0.2) is 4.79 Å². The van der Waals surface area contributed by atoms with Gasteiger partial charge in [-0.05, 0) is 37.5 Å². The highest BCUT2D eigenvalue weighted by Crippen LogP contribution is 2.25. The van der Waals surface area contributed by atoms with Crippen molar-refractivity contribution in [2.24, 2.45) is 0 Å². The first kappa shape index (κ1) is 34.6. The van der Waals surface area contributed by atoms with Gasteiger partial charge in [0.1, 0.15) is 12.3 Å². The zero-order chi connectivity index (χ0) is 29.8. The maximum absolute atomic E-state index is 11.8. The van der Waals surface area contributed by atoms with E-state index in [4.69, 9.17) is 4.74 Å². The number of benzene rings is 1. The van der Waals surface area contributed by atoms with Crippen LogP contribution < -0.4 is 26.0 Å². The first-order chi connectivity index (χ1) is 19.9. The smallest absolute Gasteiger partial charge is 0.369 e. The monoisotopic (exact) mass is 572 g/mol. The average molecular weight is 573 g/mol. The number of rotatable bonds is 23. The molecule has 0 aromatic heterocycles. The Morgan fingerprint density at radius 1 is 1.02 bits per heavy atom. The molecule has 230 valence electrons. The number of unbranched alkanes of at least 4 members (excludes halogenated alkanes) is 6. The second kappa shape index (κ2) is 20.3. The van der Waals surface area contributed by atoms with Gasteiger partial charge < -0.3 is 36.2 Å². The minimum atomic E-state index is -0.926. The van der Waals surface area contributed by atoms with Crippen LogP contribution in [0.3, 0.4) is 0 Å². The van der Waals surface area contributed by atoms with Crippen LogP contribution >= 0.6 is 0 Å². The predicted molar refractivity (Wildman–Crippen MR) is 166 cm³/mol. The van der Waals surface area contributed by atoms with Crippen LogP contribution in [-0.2, 0) is 11.2 Å². The van der Waals surface area contributed by atoms with Crippen LogP contribution in [0.25, 0.3) is 0 Å². The quantitative estimate of drug-likeness (QED) is 0.0674. The summed E-state index contributed by atoms with van der Waals surface area (Å²) in [7, 11) is 0. The Labute approximate surface area is 247 Å². The first-order valence-corrected chi connectivity index (χ1v) is 15.5. The number of nitrogens with zero attached hydrogens (tertiary/aromatic N) is 1. The molecule has 0 aliphatic carbocycles. The van der Waals surface area contributed by atoms with Gasteiger partial charge in [-0.15, -0.1) is 0 Å². The number of aryl methyl sites for hydroxylation is 1. The van der Waals surface area contributed by atoms with Gasteiger partial charge in [-0.2, -0.15) is 4.58 Å². The summed E-state index contributed by atoms with van der Waals surface area (Å²) >= 11 is 0. The molecule has 0 saturated carbocycles. The van der Waals surface area contributed by atoms with Crippen LogP contribution in [0, 0.1) is 12.0 Å². The molecule has 9 heteroatoms. The lowest BCUT2D eigenvalue weighted by Gasteiger charge is -2.31. The maximum Gasteiger partial charge on any atom is 0.369 e. The molecule has 6 N–H and O–H groups in total. The molecule has 2 unspecified atom stereocenters. The fourth-order valence-corrected chi connectivity index (χ4v) is 4.98. The van der Waals surface area contributed by atoms with Crippen molar-refractivity contribution < 1.29 is 24.3 Å². The summed E-state index contributed by atoms with van der Waals surface area (Å²) in [4.78, 5) is 11.8. The third-order valence-electron chi connectivity index (χ3n) is 7.28. The summed E-state index contributed by atoms with van der Waals surface area (Å²) in [6.07, 6.45) is 10.3. The van der Waals surface area contributed by atoms with Gasteiger partial charge in [-0.1, -0.05) is 57.6 Å². The number of aliphatic carboxylic acids is 1. The highest BCUT2D eigenvalue weighted by Gasteiger charge is 2.46. The molecule has 0 fully saturated rings. The molecule has 1 aromatic carbocycles. The molecule has 2 rings (SSSR count). The lowest BCUT2D eigenvalue weighted by atomic mass is 10.0. The number of carbonyl (C=O) groups is 1. The van der Waals surface area contributed by atoms with Crippen molar-refractivity contribution in [2.45, 2.75) is 90.4 Å². The number of aliphatic hydroxyl groups is 1. The van der Waals surface area contributed by atoms with Gasteiger partial charge in [-0.3, -0.25) is 0 Å². The number of aliphatic hydroxyl groups excluding tert-OH is 1. The molecule has 1 aliphatic heterocycles. The molecule has 0 spiro atoms. The van der Waals surface area contributed by atoms with E-state index in [0.717, 1.165) is 32.6 Å². The van der Waals surface area contributed by atoms with Gasteiger partial charge in [0.15, 0.2) is 0 Å². The van der Waals surface area contributed by atoms with E-state index in [1.165, 1.54) is 50.5 Å². The summed E-state index contributed by atoms with van der Waals surface area (Å²) in [5.74, 6) is 2.81. The Morgan fingerprint density at radius 2 is 1.66 bits per heavy atom. The van der Waals surface area contributed by atoms with Gasteiger partial charge >= 0.3 is 11.7 Å². The number of hydrogen-bond acceptors (Lipinski definition) is 7. The van der Waals surface area contributed by atoms with Crippen molar-refractivity contribution in [1.82, 2.24) is 21.3 Å². The highest BCUT2D eigenvalue weighted by molar-refractivity contribution is 5.95. The second-order valence-electron chi connectivity index (χ2n) is 11.0. The molecule has 1 aromatic rings. The number of ether oxygens (including phenoxy) is 1. The number of nitrogens with one attached hydrogen (secondary N) is 4. The van der Waals surface area contributed by atoms with Crippen LogP contribution in [0.2, 0.25) is 0 Å². The largest absolute Gasteiger partial charge is 0.477 e. The standard InChI is InChI=1S/C32H53N5O4/c1-4-5-6-7-8-9-10-11-29-12-14-30(15-13-29)41-32(26-36-18-16-27(2)37(32)25-31(39)40)17-19-33-20-21-34-22-23-35-24-28(3)38/h12-15,28,33-35,38H,4-11,17,19-26H2,1-3H3,(H,39,40)/p+1. The molecule has 0 bridgehead atoms.